The lowest BCUT2D eigenvalue weighted by Gasteiger charge is -2.27. The smallest absolute Gasteiger partial charge is 0.275 e. The minimum Gasteiger partial charge on any atom is -0.399 e. The summed E-state index contributed by atoms with van der Waals surface area (Å²) in [5.74, 6) is -0.479. The Bertz CT molecular complexity index is 1060. The van der Waals surface area contributed by atoms with Crippen molar-refractivity contribution in [3.63, 3.8) is 0 Å². The van der Waals surface area contributed by atoms with Crippen LogP contribution in [0.2, 0.25) is 0 Å². The van der Waals surface area contributed by atoms with Gasteiger partial charge >= 0.3 is 0 Å². The van der Waals surface area contributed by atoms with Crippen LogP contribution >= 0.6 is 11.3 Å². The molecule has 0 bridgehead atoms. The van der Waals surface area contributed by atoms with Crippen LogP contribution in [0.3, 0.4) is 0 Å². The van der Waals surface area contributed by atoms with Gasteiger partial charge in [0.25, 0.3) is 5.91 Å². The van der Waals surface area contributed by atoms with Crippen molar-refractivity contribution in [2.75, 3.05) is 24.1 Å². The van der Waals surface area contributed by atoms with E-state index in [9.17, 15) is 14.0 Å². The molecule has 1 aliphatic heterocycles. The largest absolute Gasteiger partial charge is 0.399 e. The normalized spacial score (nSPS) is 14.5. The number of thiazole rings is 1. The van der Waals surface area contributed by atoms with E-state index < -0.39 is 5.82 Å². The van der Waals surface area contributed by atoms with Gasteiger partial charge in [-0.15, -0.1) is 11.3 Å². The van der Waals surface area contributed by atoms with Gasteiger partial charge in [0.05, 0.1) is 5.01 Å². The second kappa shape index (κ2) is 8.62. The fourth-order valence-corrected chi connectivity index (χ4v) is 4.52. The summed E-state index contributed by atoms with van der Waals surface area (Å²) in [6, 6.07) is 11.3. The van der Waals surface area contributed by atoms with Crippen LogP contribution in [-0.2, 0) is 4.79 Å². The van der Waals surface area contributed by atoms with Gasteiger partial charge in [0.15, 0.2) is 0 Å². The number of amides is 2. The molecule has 0 radical (unpaired) electrons. The number of anilines is 2. The highest BCUT2D eigenvalue weighted by atomic mass is 32.1. The molecule has 0 atom stereocenters. The van der Waals surface area contributed by atoms with E-state index in [1.165, 1.54) is 23.5 Å². The molecule has 1 aliphatic rings. The summed E-state index contributed by atoms with van der Waals surface area (Å²) in [7, 11) is 0. The first-order valence-corrected chi connectivity index (χ1v) is 10.5. The van der Waals surface area contributed by atoms with E-state index in [1.54, 1.807) is 40.6 Å². The highest BCUT2D eigenvalue weighted by Crippen LogP contribution is 2.32. The number of nitrogens with two attached hydrogens (primary N) is 1. The molecule has 1 fully saturated rings. The van der Waals surface area contributed by atoms with Crippen molar-refractivity contribution >= 4 is 35.0 Å². The first-order valence-electron chi connectivity index (χ1n) is 9.65. The number of hydrogen-bond donors (Lipinski definition) is 2. The zero-order chi connectivity index (χ0) is 21.1. The van der Waals surface area contributed by atoms with Crippen molar-refractivity contribution in [2.24, 2.45) is 0 Å². The summed E-state index contributed by atoms with van der Waals surface area (Å²) in [6.45, 7) is 1.41. The average molecular weight is 425 g/mol. The zero-order valence-electron chi connectivity index (χ0n) is 16.2. The van der Waals surface area contributed by atoms with Gasteiger partial charge in [-0.2, -0.15) is 0 Å². The van der Waals surface area contributed by atoms with Crippen molar-refractivity contribution < 1.29 is 14.0 Å². The quantitative estimate of drug-likeness (QED) is 0.476. The number of rotatable bonds is 5. The number of nitrogens with zero attached hydrogens (tertiary/aromatic N) is 2. The van der Waals surface area contributed by atoms with Crippen molar-refractivity contribution in [3.8, 4) is 11.1 Å². The molecule has 3 aromatic rings. The van der Waals surface area contributed by atoms with Gasteiger partial charge in [0.2, 0.25) is 6.41 Å². The van der Waals surface area contributed by atoms with Crippen molar-refractivity contribution in [2.45, 2.75) is 18.8 Å². The third-order valence-electron chi connectivity index (χ3n) is 5.23. The SMILES string of the molecule is Nc1ccc(-c2cc(F)ccc2NC(=O)c2csc(C3CCN(C=O)CC3)n2)cc1. The number of nitrogen functional groups attached to an aromatic ring is 1. The van der Waals surface area contributed by atoms with E-state index in [0.29, 0.717) is 35.7 Å². The molecule has 0 saturated carbocycles. The lowest BCUT2D eigenvalue weighted by molar-refractivity contribution is -0.119. The Morgan fingerprint density at radius 2 is 1.93 bits per heavy atom. The van der Waals surface area contributed by atoms with Crippen LogP contribution in [-0.4, -0.2) is 35.3 Å². The monoisotopic (exact) mass is 424 g/mol. The average Bonchev–Trinajstić information content (AvgIpc) is 3.26. The van der Waals surface area contributed by atoms with Crippen LogP contribution < -0.4 is 11.1 Å². The molecule has 2 amide bonds. The Kier molecular flexibility index (Phi) is 5.76. The first kappa shape index (κ1) is 20.0. The highest BCUT2D eigenvalue weighted by molar-refractivity contribution is 7.10. The standard InChI is InChI=1S/C22H21FN4O2S/c23-16-3-6-19(18(11-16)14-1-4-17(24)5-2-14)25-21(29)20-12-30-22(26-20)15-7-9-27(13-28)10-8-15/h1-6,11-13,15H,7-10,24H2,(H,25,29). The van der Waals surface area contributed by atoms with Gasteiger partial charge < -0.3 is 16.0 Å². The molecule has 0 aliphatic carbocycles. The van der Waals surface area contributed by atoms with Crippen molar-refractivity contribution in [3.05, 3.63) is 64.4 Å². The van der Waals surface area contributed by atoms with Gasteiger partial charge in [-0.3, -0.25) is 9.59 Å². The molecule has 1 aromatic heterocycles. The Labute approximate surface area is 177 Å². The predicted octanol–water partition coefficient (Wildman–Crippen LogP) is 4.12. The molecule has 0 spiro atoms. The van der Waals surface area contributed by atoms with E-state index in [1.807, 2.05) is 0 Å². The first-order chi connectivity index (χ1) is 14.5. The van der Waals surface area contributed by atoms with Gasteiger partial charge in [0.1, 0.15) is 11.5 Å². The van der Waals surface area contributed by atoms with E-state index in [0.717, 1.165) is 29.8 Å². The number of hydrogen-bond acceptors (Lipinski definition) is 5. The van der Waals surface area contributed by atoms with E-state index >= 15 is 0 Å². The van der Waals surface area contributed by atoms with Crippen LogP contribution in [0.4, 0.5) is 15.8 Å². The van der Waals surface area contributed by atoms with E-state index in [-0.39, 0.29) is 11.8 Å². The van der Waals surface area contributed by atoms with E-state index in [2.05, 4.69) is 10.3 Å². The molecule has 2 heterocycles. The summed E-state index contributed by atoms with van der Waals surface area (Å²) in [5.41, 5.74) is 8.50. The van der Waals surface area contributed by atoms with Gasteiger partial charge in [-0.05, 0) is 48.7 Å². The number of aromatic nitrogens is 1. The number of piperidine rings is 1. The Hall–Kier alpha value is -3.26. The summed E-state index contributed by atoms with van der Waals surface area (Å²) >= 11 is 1.46. The van der Waals surface area contributed by atoms with Gasteiger partial charge in [-0.1, -0.05) is 12.1 Å². The van der Waals surface area contributed by atoms with E-state index in [4.69, 9.17) is 5.73 Å². The molecule has 4 rings (SSSR count). The number of benzene rings is 2. The maximum atomic E-state index is 13.9. The van der Waals surface area contributed by atoms with Crippen LogP contribution in [0.25, 0.3) is 11.1 Å². The second-order valence-corrected chi connectivity index (χ2v) is 8.14. The maximum Gasteiger partial charge on any atom is 0.275 e. The molecule has 6 nitrogen and oxygen atoms in total. The third kappa shape index (κ3) is 4.33. The fourth-order valence-electron chi connectivity index (χ4n) is 3.54. The lowest BCUT2D eigenvalue weighted by Crippen LogP contribution is -2.31. The van der Waals surface area contributed by atoms with Crippen molar-refractivity contribution in [1.29, 1.82) is 0 Å². The minimum absolute atomic E-state index is 0.254. The van der Waals surface area contributed by atoms with Crippen LogP contribution in [0.15, 0.2) is 47.8 Å². The number of halogens is 1. The molecule has 30 heavy (non-hydrogen) atoms. The molecular formula is C22H21FN4O2S. The Balaban J connectivity index is 1.52. The molecule has 1 saturated heterocycles. The summed E-state index contributed by atoms with van der Waals surface area (Å²) in [4.78, 5) is 29.9. The van der Waals surface area contributed by atoms with Gasteiger partial charge in [-0.25, -0.2) is 9.37 Å². The van der Waals surface area contributed by atoms with Gasteiger partial charge in [0, 0.05) is 41.3 Å². The molecule has 154 valence electrons. The molecule has 8 heteroatoms. The van der Waals surface area contributed by atoms with Crippen LogP contribution in [0.1, 0.15) is 34.3 Å². The molecule has 2 aromatic carbocycles. The van der Waals surface area contributed by atoms with Crippen molar-refractivity contribution in [1.82, 2.24) is 9.88 Å². The summed E-state index contributed by atoms with van der Waals surface area (Å²) < 4.78 is 13.9. The van der Waals surface area contributed by atoms with Crippen LogP contribution in [0, 0.1) is 5.82 Å². The Morgan fingerprint density at radius 3 is 2.63 bits per heavy atom. The summed E-state index contributed by atoms with van der Waals surface area (Å²) in [5, 5.41) is 5.50. The number of likely N-dealkylation sites (tertiary alicyclic amines) is 1. The molecule has 0 unspecified atom stereocenters. The zero-order valence-corrected chi connectivity index (χ0v) is 17.0. The summed E-state index contributed by atoms with van der Waals surface area (Å²) in [6.07, 6.45) is 2.55. The lowest BCUT2D eigenvalue weighted by atomic mass is 9.98. The maximum absolute atomic E-state index is 13.9. The number of nitrogens with one attached hydrogen (secondary N) is 1. The fraction of sp³-hybridized carbons (Fsp3) is 0.227. The number of carbonyl (C=O) groups excluding carboxylic acids is 2. The topological polar surface area (TPSA) is 88.3 Å². The minimum atomic E-state index is -0.391. The number of carbonyl (C=O) groups is 2. The second-order valence-electron chi connectivity index (χ2n) is 7.25. The molecular weight excluding hydrogens is 403 g/mol. The molecule has 3 N–H and O–H groups in total. The highest BCUT2D eigenvalue weighted by Gasteiger charge is 2.23. The third-order valence-corrected chi connectivity index (χ3v) is 6.24. The predicted molar refractivity (Wildman–Crippen MR) is 116 cm³/mol. The van der Waals surface area contributed by atoms with Crippen LogP contribution in [0.5, 0.6) is 0 Å². The Morgan fingerprint density at radius 1 is 1.20 bits per heavy atom.